The van der Waals surface area contributed by atoms with Crippen LogP contribution in [0.2, 0.25) is 0 Å². The van der Waals surface area contributed by atoms with Gasteiger partial charge in [0, 0.05) is 12.1 Å². The summed E-state index contributed by atoms with van der Waals surface area (Å²) in [7, 11) is 1.32. The van der Waals surface area contributed by atoms with E-state index in [1.165, 1.54) is 18.4 Å². The first-order chi connectivity index (χ1) is 13.0. The molecule has 2 aromatic heterocycles. The number of nitrogens with one attached hydrogen (secondary N) is 1. The van der Waals surface area contributed by atoms with Gasteiger partial charge >= 0.3 is 5.97 Å². The molecule has 0 aliphatic carbocycles. The van der Waals surface area contributed by atoms with E-state index in [9.17, 15) is 9.59 Å². The van der Waals surface area contributed by atoms with Gasteiger partial charge in [-0.2, -0.15) is 5.10 Å². The van der Waals surface area contributed by atoms with Gasteiger partial charge in [-0.05, 0) is 55.5 Å². The predicted molar refractivity (Wildman–Crippen MR) is 106 cm³/mol. The van der Waals surface area contributed by atoms with Gasteiger partial charge in [-0.25, -0.2) is 9.48 Å². The van der Waals surface area contributed by atoms with Gasteiger partial charge in [0.15, 0.2) is 0 Å². The Morgan fingerprint density at radius 1 is 1.19 bits per heavy atom. The van der Waals surface area contributed by atoms with E-state index in [0.29, 0.717) is 23.4 Å². The maximum absolute atomic E-state index is 12.2. The summed E-state index contributed by atoms with van der Waals surface area (Å²) in [5.74, 6) is -0.587. The van der Waals surface area contributed by atoms with Gasteiger partial charge in [0.1, 0.15) is 5.00 Å². The Hall–Kier alpha value is -2.93. The van der Waals surface area contributed by atoms with Crippen molar-refractivity contribution in [3.05, 3.63) is 64.3 Å². The molecule has 27 heavy (non-hydrogen) atoms. The Kier molecular flexibility index (Phi) is 5.71. The van der Waals surface area contributed by atoms with Crippen LogP contribution in [0.15, 0.2) is 41.8 Å². The number of benzene rings is 1. The number of hydrogen-bond acceptors (Lipinski definition) is 5. The summed E-state index contributed by atoms with van der Waals surface area (Å²) in [4.78, 5) is 23.9. The van der Waals surface area contributed by atoms with E-state index in [-0.39, 0.29) is 5.91 Å². The van der Waals surface area contributed by atoms with Crippen molar-refractivity contribution in [3.63, 3.8) is 0 Å². The minimum absolute atomic E-state index is 0.134. The Bertz CT molecular complexity index is 957. The number of carbonyl (C=O) groups is 2. The minimum atomic E-state index is -0.453. The van der Waals surface area contributed by atoms with E-state index >= 15 is 0 Å². The second-order valence-electron chi connectivity index (χ2n) is 6.21. The third-order valence-electron chi connectivity index (χ3n) is 4.15. The van der Waals surface area contributed by atoms with Crippen molar-refractivity contribution in [2.45, 2.75) is 26.7 Å². The lowest BCUT2D eigenvalue weighted by atomic mass is 10.1. The molecule has 0 aliphatic heterocycles. The first-order valence-electron chi connectivity index (χ1n) is 8.56. The number of amides is 1. The number of ether oxygens (including phenoxy) is 1. The second kappa shape index (κ2) is 8.18. The highest BCUT2D eigenvalue weighted by atomic mass is 32.1. The molecule has 1 N–H and O–H groups in total. The average Bonchev–Trinajstić information content (AvgIpc) is 3.25. The molecule has 7 heteroatoms. The molecule has 0 bridgehead atoms. The third kappa shape index (κ3) is 4.43. The molecule has 3 rings (SSSR count). The van der Waals surface area contributed by atoms with Gasteiger partial charge < -0.3 is 10.1 Å². The molecule has 0 saturated heterocycles. The van der Waals surface area contributed by atoms with E-state index in [4.69, 9.17) is 4.74 Å². The SMILES string of the molecule is COC(=O)c1ccsc1NC(=O)CCc1ccc(-n2nc(C)cc2C)cc1. The molecule has 0 spiro atoms. The second-order valence-corrected chi connectivity index (χ2v) is 7.12. The van der Waals surface area contributed by atoms with Crippen molar-refractivity contribution >= 4 is 28.2 Å². The van der Waals surface area contributed by atoms with Crippen LogP contribution in [0.4, 0.5) is 5.00 Å². The molecule has 1 aromatic carbocycles. The minimum Gasteiger partial charge on any atom is -0.465 e. The summed E-state index contributed by atoms with van der Waals surface area (Å²) in [6, 6.07) is 11.7. The maximum atomic E-state index is 12.2. The molecule has 3 aromatic rings. The van der Waals surface area contributed by atoms with E-state index in [0.717, 1.165) is 22.6 Å². The highest BCUT2D eigenvalue weighted by Crippen LogP contribution is 2.24. The normalized spacial score (nSPS) is 10.6. The molecule has 140 valence electrons. The summed E-state index contributed by atoms with van der Waals surface area (Å²) in [6.07, 6.45) is 0.944. The number of methoxy groups -OCH3 is 1. The highest BCUT2D eigenvalue weighted by Gasteiger charge is 2.15. The molecule has 0 atom stereocenters. The average molecular weight is 383 g/mol. The van der Waals surface area contributed by atoms with E-state index in [1.807, 2.05) is 48.9 Å². The molecule has 6 nitrogen and oxygen atoms in total. The number of anilines is 1. The van der Waals surface area contributed by atoms with Crippen molar-refractivity contribution < 1.29 is 14.3 Å². The largest absolute Gasteiger partial charge is 0.465 e. The summed E-state index contributed by atoms with van der Waals surface area (Å²) >= 11 is 1.30. The van der Waals surface area contributed by atoms with E-state index in [1.54, 1.807) is 11.4 Å². The zero-order valence-electron chi connectivity index (χ0n) is 15.5. The standard InChI is InChI=1S/C20H21N3O3S/c1-13-12-14(2)23(22-13)16-7-4-15(5-8-16)6-9-18(24)21-19-17(10-11-27-19)20(25)26-3/h4-5,7-8,10-12H,6,9H2,1-3H3,(H,21,24). The topological polar surface area (TPSA) is 73.2 Å². The molecule has 0 unspecified atom stereocenters. The molecule has 0 aliphatic rings. The van der Waals surface area contributed by atoms with Crippen LogP contribution >= 0.6 is 11.3 Å². The van der Waals surface area contributed by atoms with Crippen molar-refractivity contribution in [2.75, 3.05) is 12.4 Å². The lowest BCUT2D eigenvalue weighted by Gasteiger charge is -2.07. The van der Waals surface area contributed by atoms with Gasteiger partial charge in [0.05, 0.1) is 24.1 Å². The number of thiophene rings is 1. The number of nitrogens with zero attached hydrogens (tertiary/aromatic N) is 2. The number of aromatic nitrogens is 2. The van der Waals surface area contributed by atoms with Crippen LogP contribution < -0.4 is 5.32 Å². The fourth-order valence-corrected chi connectivity index (χ4v) is 3.61. The van der Waals surface area contributed by atoms with Crippen molar-refractivity contribution in [1.29, 1.82) is 0 Å². The number of hydrogen-bond donors (Lipinski definition) is 1. The molecule has 0 fully saturated rings. The zero-order chi connectivity index (χ0) is 19.4. The quantitative estimate of drug-likeness (QED) is 0.655. The summed E-state index contributed by atoms with van der Waals surface area (Å²) in [6.45, 7) is 3.99. The molecule has 0 radical (unpaired) electrons. The monoisotopic (exact) mass is 383 g/mol. The Morgan fingerprint density at radius 3 is 2.56 bits per heavy atom. The maximum Gasteiger partial charge on any atom is 0.340 e. The smallest absolute Gasteiger partial charge is 0.340 e. The van der Waals surface area contributed by atoms with Crippen LogP contribution in [-0.4, -0.2) is 28.8 Å². The van der Waals surface area contributed by atoms with Crippen LogP contribution in [0.1, 0.15) is 33.7 Å². The van der Waals surface area contributed by atoms with Crippen molar-refractivity contribution in [2.24, 2.45) is 0 Å². The zero-order valence-corrected chi connectivity index (χ0v) is 16.3. The first kappa shape index (κ1) is 18.8. The molecular formula is C20H21N3O3S. The summed E-state index contributed by atoms with van der Waals surface area (Å²) < 4.78 is 6.61. The number of esters is 1. The Balaban J connectivity index is 1.59. The summed E-state index contributed by atoms with van der Waals surface area (Å²) in [5.41, 5.74) is 4.50. The van der Waals surface area contributed by atoms with Crippen LogP contribution in [0, 0.1) is 13.8 Å². The van der Waals surface area contributed by atoms with Crippen LogP contribution in [0.5, 0.6) is 0 Å². The first-order valence-corrected chi connectivity index (χ1v) is 9.44. The van der Waals surface area contributed by atoms with E-state index in [2.05, 4.69) is 10.4 Å². The molecule has 0 saturated carbocycles. The number of aryl methyl sites for hydroxylation is 3. The van der Waals surface area contributed by atoms with Gasteiger partial charge in [0.25, 0.3) is 0 Å². The third-order valence-corrected chi connectivity index (χ3v) is 4.98. The lowest BCUT2D eigenvalue weighted by molar-refractivity contribution is -0.116. The van der Waals surface area contributed by atoms with Crippen molar-refractivity contribution in [1.82, 2.24) is 9.78 Å². The van der Waals surface area contributed by atoms with Crippen LogP contribution in [-0.2, 0) is 16.0 Å². The number of rotatable bonds is 6. The Morgan fingerprint density at radius 2 is 1.93 bits per heavy atom. The molecule has 2 heterocycles. The fourth-order valence-electron chi connectivity index (χ4n) is 2.82. The fraction of sp³-hybridized carbons (Fsp3) is 0.250. The van der Waals surface area contributed by atoms with Gasteiger partial charge in [-0.3, -0.25) is 4.79 Å². The van der Waals surface area contributed by atoms with Crippen LogP contribution in [0.3, 0.4) is 0 Å². The molecular weight excluding hydrogens is 362 g/mol. The number of carbonyl (C=O) groups excluding carboxylic acids is 2. The van der Waals surface area contributed by atoms with E-state index < -0.39 is 5.97 Å². The predicted octanol–water partition coefficient (Wildman–Crippen LogP) is 3.91. The Labute approximate surface area is 161 Å². The van der Waals surface area contributed by atoms with Crippen molar-refractivity contribution in [3.8, 4) is 5.69 Å². The van der Waals surface area contributed by atoms with Crippen LogP contribution in [0.25, 0.3) is 5.69 Å². The van der Waals surface area contributed by atoms with Gasteiger partial charge in [0.2, 0.25) is 5.91 Å². The highest BCUT2D eigenvalue weighted by molar-refractivity contribution is 7.14. The van der Waals surface area contributed by atoms with Gasteiger partial charge in [-0.15, -0.1) is 11.3 Å². The summed E-state index contributed by atoms with van der Waals surface area (Å²) in [5, 5.41) is 9.53. The lowest BCUT2D eigenvalue weighted by Crippen LogP contribution is -2.14. The van der Waals surface area contributed by atoms with Gasteiger partial charge in [-0.1, -0.05) is 12.1 Å². The molecule has 1 amide bonds.